The van der Waals surface area contributed by atoms with Crippen LogP contribution in [0.5, 0.6) is 0 Å². The number of hydrogen-bond acceptors (Lipinski definition) is 4. The minimum atomic E-state index is -0.496. The Bertz CT molecular complexity index is 1650. The fraction of sp³-hybridized carbons (Fsp3) is 0.421. The largest absolute Gasteiger partial charge is 0.494 e. The van der Waals surface area contributed by atoms with Crippen LogP contribution in [0, 0.1) is 6.92 Å². The second-order valence-corrected chi connectivity index (χ2v) is 15.1. The predicted molar refractivity (Wildman–Crippen MR) is 180 cm³/mol. The first-order valence-electron chi connectivity index (χ1n) is 16.1. The Kier molecular flexibility index (Phi) is 6.64. The lowest BCUT2D eigenvalue weighted by Crippen LogP contribution is -2.41. The summed E-state index contributed by atoms with van der Waals surface area (Å²) in [4.78, 5) is 0. The highest BCUT2D eigenvalue weighted by molar-refractivity contribution is 6.62. The maximum absolute atomic E-state index is 6.62. The summed E-state index contributed by atoms with van der Waals surface area (Å²) in [6.07, 6.45) is 5.46. The van der Waals surface area contributed by atoms with E-state index in [0.717, 1.165) is 11.9 Å². The van der Waals surface area contributed by atoms with Crippen LogP contribution in [0.15, 0.2) is 90.5 Å². The van der Waals surface area contributed by atoms with Crippen molar-refractivity contribution < 1.29 is 18.6 Å². The Morgan fingerprint density at radius 3 is 1.91 bits per heavy atom. The highest BCUT2D eigenvalue weighted by Crippen LogP contribution is 2.59. The summed E-state index contributed by atoms with van der Waals surface area (Å²) < 4.78 is 26.4. The van der Waals surface area contributed by atoms with Crippen LogP contribution in [0.4, 0.5) is 0 Å². The molecule has 3 aromatic carbocycles. The third kappa shape index (κ3) is 4.29. The number of hydrogen-bond donors (Lipinski definition) is 0. The zero-order chi connectivity index (χ0) is 31.3. The molecule has 44 heavy (non-hydrogen) atoms. The van der Waals surface area contributed by atoms with Gasteiger partial charge in [-0.15, -0.1) is 0 Å². The van der Waals surface area contributed by atoms with Crippen LogP contribution in [-0.2, 0) is 24.0 Å². The van der Waals surface area contributed by atoms with Crippen molar-refractivity contribution in [2.75, 3.05) is 0 Å². The Morgan fingerprint density at radius 1 is 0.659 bits per heavy atom. The molecule has 0 aromatic heterocycles. The monoisotopic (exact) mass is 586 g/mol. The normalized spacial score (nSPS) is 27.5. The zero-order valence-electron chi connectivity index (χ0n) is 27.7. The number of rotatable bonds is 4. The quantitative estimate of drug-likeness (QED) is 0.292. The van der Waals surface area contributed by atoms with E-state index < -0.39 is 23.7 Å². The van der Waals surface area contributed by atoms with Gasteiger partial charge in [0.1, 0.15) is 0 Å². The third-order valence-corrected chi connectivity index (χ3v) is 11.3. The molecule has 2 heterocycles. The van der Waals surface area contributed by atoms with E-state index in [9.17, 15) is 0 Å². The van der Waals surface area contributed by atoms with Crippen molar-refractivity contribution in [3.63, 3.8) is 0 Å². The van der Waals surface area contributed by atoms with Crippen molar-refractivity contribution in [3.05, 3.63) is 118 Å². The Hall–Kier alpha value is -2.89. The molecule has 4 aliphatic rings. The lowest BCUT2D eigenvalue weighted by molar-refractivity contribution is 0.00578. The minimum Gasteiger partial charge on any atom is -0.403 e. The van der Waals surface area contributed by atoms with Gasteiger partial charge in [0, 0.05) is 5.82 Å². The summed E-state index contributed by atoms with van der Waals surface area (Å²) in [5.41, 5.74) is 7.91. The van der Waals surface area contributed by atoms with Gasteiger partial charge in [-0.2, -0.15) is 0 Å². The second kappa shape index (κ2) is 9.80. The summed E-state index contributed by atoms with van der Waals surface area (Å²) in [6, 6.07) is 26.8. The molecule has 3 aromatic rings. The predicted octanol–water partition coefficient (Wildman–Crippen LogP) is 7.82. The van der Waals surface area contributed by atoms with E-state index in [1.54, 1.807) is 0 Å². The minimum absolute atomic E-state index is 0.0829. The Labute approximate surface area is 264 Å². The molecular weight excluding hydrogens is 542 g/mol. The van der Waals surface area contributed by atoms with Gasteiger partial charge in [0.05, 0.1) is 27.8 Å². The second-order valence-electron chi connectivity index (χ2n) is 15.1. The number of allylic oxidation sites excluding steroid dienone is 4. The standard InChI is InChI=1S/C38H44B2O4/c1-25-14-13-17-27(22-25)38(26-15-11-10-12-16-26)32-23-28(39-41-34(2,3)35(4,5)42-39)18-20-30(32)31-21-19-29(24-33(31)38)40-43-36(6,7)37(8,9)44-40/h10-23,29H,24H2,1-9H3. The lowest BCUT2D eigenvalue weighted by atomic mass is 9.59. The van der Waals surface area contributed by atoms with E-state index in [1.165, 1.54) is 39.0 Å². The number of benzene rings is 3. The van der Waals surface area contributed by atoms with Gasteiger partial charge in [0.15, 0.2) is 0 Å². The summed E-state index contributed by atoms with van der Waals surface area (Å²) in [5, 5.41) is 0. The van der Waals surface area contributed by atoms with Crippen molar-refractivity contribution in [2.45, 2.75) is 102 Å². The van der Waals surface area contributed by atoms with Gasteiger partial charge in [0.25, 0.3) is 0 Å². The molecule has 0 amide bonds. The van der Waals surface area contributed by atoms with E-state index in [4.69, 9.17) is 18.6 Å². The van der Waals surface area contributed by atoms with E-state index in [2.05, 4.69) is 147 Å². The molecule has 2 fully saturated rings. The smallest absolute Gasteiger partial charge is 0.403 e. The average molecular weight is 586 g/mol. The maximum atomic E-state index is 6.62. The molecule has 0 saturated carbocycles. The zero-order valence-corrected chi connectivity index (χ0v) is 27.7. The number of fused-ring (bicyclic) bond motifs is 2. The molecule has 2 aliphatic heterocycles. The molecule has 0 spiro atoms. The van der Waals surface area contributed by atoms with Gasteiger partial charge in [-0.25, -0.2) is 0 Å². The van der Waals surface area contributed by atoms with Gasteiger partial charge in [-0.05, 0) is 108 Å². The molecule has 2 unspecified atom stereocenters. The third-order valence-electron chi connectivity index (χ3n) is 11.3. The summed E-state index contributed by atoms with van der Waals surface area (Å²) in [7, 11) is -0.762. The highest BCUT2D eigenvalue weighted by Gasteiger charge is 2.57. The van der Waals surface area contributed by atoms with Crippen LogP contribution in [-0.4, -0.2) is 36.6 Å². The van der Waals surface area contributed by atoms with Crippen LogP contribution < -0.4 is 5.46 Å². The first kappa shape index (κ1) is 29.8. The molecule has 2 saturated heterocycles. The molecule has 0 N–H and O–H groups in total. The van der Waals surface area contributed by atoms with Crippen LogP contribution in [0.2, 0.25) is 5.82 Å². The molecule has 2 aliphatic carbocycles. The van der Waals surface area contributed by atoms with Gasteiger partial charge in [-0.3, -0.25) is 0 Å². The van der Waals surface area contributed by atoms with Crippen LogP contribution in [0.3, 0.4) is 0 Å². The molecule has 7 rings (SSSR count). The summed E-state index contributed by atoms with van der Waals surface area (Å²) in [5.74, 6) is 0.0829. The fourth-order valence-corrected chi connectivity index (χ4v) is 7.38. The van der Waals surface area contributed by atoms with Crippen molar-refractivity contribution in [1.82, 2.24) is 0 Å². The van der Waals surface area contributed by atoms with E-state index >= 15 is 0 Å². The fourth-order valence-electron chi connectivity index (χ4n) is 7.38. The molecule has 2 atom stereocenters. The van der Waals surface area contributed by atoms with Crippen molar-refractivity contribution in [2.24, 2.45) is 0 Å². The van der Waals surface area contributed by atoms with Gasteiger partial charge in [-0.1, -0.05) is 90.5 Å². The van der Waals surface area contributed by atoms with Crippen LogP contribution >= 0.6 is 0 Å². The van der Waals surface area contributed by atoms with E-state index in [0.29, 0.717) is 0 Å². The van der Waals surface area contributed by atoms with Crippen molar-refractivity contribution in [1.29, 1.82) is 0 Å². The van der Waals surface area contributed by atoms with E-state index in [1.807, 2.05) is 0 Å². The molecule has 0 radical (unpaired) electrons. The summed E-state index contributed by atoms with van der Waals surface area (Å²) in [6.45, 7) is 19.2. The molecule has 6 heteroatoms. The van der Waals surface area contributed by atoms with E-state index in [-0.39, 0.29) is 24.1 Å². The molecule has 0 bridgehead atoms. The van der Waals surface area contributed by atoms with Crippen molar-refractivity contribution >= 4 is 25.3 Å². The molecular formula is C38H44B2O4. The highest BCUT2D eigenvalue weighted by atomic mass is 16.7. The topological polar surface area (TPSA) is 36.9 Å². The number of aryl methyl sites for hydroxylation is 1. The molecule has 4 nitrogen and oxygen atoms in total. The van der Waals surface area contributed by atoms with Crippen LogP contribution in [0.25, 0.3) is 5.57 Å². The molecule has 226 valence electrons. The Balaban J connectivity index is 1.42. The lowest BCUT2D eigenvalue weighted by Gasteiger charge is -2.38. The van der Waals surface area contributed by atoms with Crippen molar-refractivity contribution in [3.8, 4) is 0 Å². The SMILES string of the molecule is Cc1cccc(C2(c3ccccc3)C3=C(C=CC(B4OC(C)(C)C(C)(C)O4)C3)c3ccc(B4OC(C)(C)C(C)(C)O4)cc32)c1. The average Bonchev–Trinajstić information content (AvgIpc) is 3.47. The Morgan fingerprint density at radius 2 is 1.27 bits per heavy atom. The maximum Gasteiger partial charge on any atom is 0.494 e. The van der Waals surface area contributed by atoms with Gasteiger partial charge >= 0.3 is 14.2 Å². The van der Waals surface area contributed by atoms with Gasteiger partial charge < -0.3 is 18.6 Å². The first-order chi connectivity index (χ1) is 20.7. The van der Waals surface area contributed by atoms with Crippen LogP contribution in [0.1, 0.15) is 89.6 Å². The first-order valence-corrected chi connectivity index (χ1v) is 16.1. The summed E-state index contributed by atoms with van der Waals surface area (Å²) >= 11 is 0. The van der Waals surface area contributed by atoms with Gasteiger partial charge in [0.2, 0.25) is 0 Å².